The van der Waals surface area contributed by atoms with E-state index in [9.17, 15) is 0 Å². The Bertz CT molecular complexity index is 1650. The first-order valence-corrected chi connectivity index (χ1v) is 16.5. The van der Waals surface area contributed by atoms with Crippen LogP contribution in [0.3, 0.4) is 0 Å². The normalized spacial score (nSPS) is 10.6. The summed E-state index contributed by atoms with van der Waals surface area (Å²) in [4.78, 5) is 0. The Morgan fingerprint density at radius 1 is 0.269 bits per heavy atom. The molecule has 4 aromatic rings. The number of hydrogen-bond donors (Lipinski definition) is 0. The Morgan fingerprint density at radius 2 is 0.538 bits per heavy atom. The van der Waals surface area contributed by atoms with Gasteiger partial charge < -0.3 is 56.8 Å². The zero-order valence-electron chi connectivity index (χ0n) is 32.2. The lowest BCUT2D eigenvalue weighted by Gasteiger charge is -2.23. The van der Waals surface area contributed by atoms with Gasteiger partial charge in [-0.15, -0.1) is 0 Å². The quantitative estimate of drug-likeness (QED) is 0.0992. The van der Waals surface area contributed by atoms with Crippen LogP contribution in [0.1, 0.15) is 22.3 Å². The molecule has 0 saturated carbocycles. The number of aryl methyl sites for hydroxylation is 4. The van der Waals surface area contributed by atoms with E-state index in [1.807, 2.05) is 36.4 Å². The SMILES string of the molecule is COc1cc(CCc2cc(-c3cc(CCc4cc(OC)c(OC)c(OC)c4)c(OC)c(OC)c3OC)c(OC)c(OC)c2OC)cc(OC)c1OC. The van der Waals surface area contributed by atoms with Crippen LogP contribution in [0.15, 0.2) is 36.4 Å². The van der Waals surface area contributed by atoms with Crippen molar-refractivity contribution in [2.75, 3.05) is 85.3 Å². The van der Waals surface area contributed by atoms with Crippen LogP contribution in [0.4, 0.5) is 0 Å². The molecule has 0 saturated heterocycles. The molecular weight excluding hydrogens is 672 g/mol. The van der Waals surface area contributed by atoms with Crippen molar-refractivity contribution in [3.63, 3.8) is 0 Å². The van der Waals surface area contributed by atoms with Crippen LogP contribution < -0.4 is 56.8 Å². The third kappa shape index (κ3) is 7.70. The molecule has 0 atom stereocenters. The minimum absolute atomic E-state index is 0.443. The summed E-state index contributed by atoms with van der Waals surface area (Å²) in [6.07, 6.45) is 2.37. The number of rotatable bonds is 19. The van der Waals surface area contributed by atoms with Crippen LogP contribution in [0.2, 0.25) is 0 Å². The molecule has 52 heavy (non-hydrogen) atoms. The lowest BCUT2D eigenvalue weighted by atomic mass is 9.92. The Kier molecular flexibility index (Phi) is 13.7. The first kappa shape index (κ1) is 39.3. The van der Waals surface area contributed by atoms with Gasteiger partial charge in [0.1, 0.15) is 0 Å². The topological polar surface area (TPSA) is 111 Å². The van der Waals surface area contributed by atoms with Crippen LogP contribution in [0.5, 0.6) is 69.0 Å². The van der Waals surface area contributed by atoms with E-state index in [1.165, 1.54) is 0 Å². The Hall–Kier alpha value is -5.52. The third-order valence-corrected chi connectivity index (χ3v) is 8.86. The van der Waals surface area contributed by atoms with Gasteiger partial charge in [0.25, 0.3) is 0 Å². The molecule has 4 aromatic carbocycles. The molecule has 0 aromatic heterocycles. The molecule has 0 aliphatic heterocycles. The molecule has 12 nitrogen and oxygen atoms in total. The lowest BCUT2D eigenvalue weighted by Crippen LogP contribution is -2.06. The van der Waals surface area contributed by atoms with Crippen LogP contribution in [0, 0.1) is 0 Å². The second-order valence-electron chi connectivity index (χ2n) is 11.4. The molecule has 12 heteroatoms. The van der Waals surface area contributed by atoms with E-state index in [0.29, 0.717) is 106 Å². The van der Waals surface area contributed by atoms with E-state index in [4.69, 9.17) is 56.8 Å². The summed E-state index contributed by atoms with van der Waals surface area (Å²) in [6.45, 7) is 0. The maximum atomic E-state index is 6.02. The summed E-state index contributed by atoms with van der Waals surface area (Å²) < 4.78 is 69.3. The lowest BCUT2D eigenvalue weighted by molar-refractivity contribution is 0.320. The van der Waals surface area contributed by atoms with E-state index in [0.717, 1.165) is 22.3 Å². The van der Waals surface area contributed by atoms with E-state index >= 15 is 0 Å². The van der Waals surface area contributed by atoms with E-state index < -0.39 is 0 Å². The van der Waals surface area contributed by atoms with Gasteiger partial charge >= 0.3 is 0 Å². The zero-order valence-corrected chi connectivity index (χ0v) is 32.2. The molecule has 0 aliphatic carbocycles. The highest BCUT2D eigenvalue weighted by Crippen LogP contribution is 2.53. The van der Waals surface area contributed by atoms with Gasteiger partial charge in [0.15, 0.2) is 46.0 Å². The maximum absolute atomic E-state index is 6.02. The fourth-order valence-electron chi connectivity index (χ4n) is 6.47. The minimum atomic E-state index is 0.443. The van der Waals surface area contributed by atoms with Crippen molar-refractivity contribution in [2.24, 2.45) is 0 Å². The second-order valence-corrected chi connectivity index (χ2v) is 11.4. The Labute approximate surface area is 306 Å². The highest BCUT2D eigenvalue weighted by Gasteiger charge is 2.28. The average Bonchev–Trinajstić information content (AvgIpc) is 3.19. The van der Waals surface area contributed by atoms with Crippen molar-refractivity contribution in [3.05, 3.63) is 58.7 Å². The average molecular weight is 723 g/mol. The van der Waals surface area contributed by atoms with Gasteiger partial charge in [-0.1, -0.05) is 0 Å². The first-order chi connectivity index (χ1) is 25.2. The molecule has 4 rings (SSSR count). The highest BCUT2D eigenvalue weighted by molar-refractivity contribution is 5.85. The van der Waals surface area contributed by atoms with Gasteiger partial charge in [-0.05, 0) is 84.3 Å². The smallest absolute Gasteiger partial charge is 0.204 e. The summed E-state index contributed by atoms with van der Waals surface area (Å²) in [6, 6.07) is 11.8. The summed E-state index contributed by atoms with van der Waals surface area (Å²) in [5.41, 5.74) is 5.13. The molecule has 0 bridgehead atoms. The summed E-state index contributed by atoms with van der Waals surface area (Å²) in [5.74, 6) is 6.29. The van der Waals surface area contributed by atoms with Crippen molar-refractivity contribution >= 4 is 0 Å². The van der Waals surface area contributed by atoms with Crippen molar-refractivity contribution < 1.29 is 56.8 Å². The van der Waals surface area contributed by atoms with E-state index in [2.05, 4.69) is 0 Å². The van der Waals surface area contributed by atoms with Crippen LogP contribution in [0.25, 0.3) is 11.1 Å². The van der Waals surface area contributed by atoms with Crippen molar-refractivity contribution in [1.82, 2.24) is 0 Å². The van der Waals surface area contributed by atoms with Crippen molar-refractivity contribution in [2.45, 2.75) is 25.7 Å². The van der Waals surface area contributed by atoms with Gasteiger partial charge in [0.2, 0.25) is 23.0 Å². The fraction of sp³-hybridized carbons (Fsp3) is 0.400. The number of hydrogen-bond acceptors (Lipinski definition) is 12. The van der Waals surface area contributed by atoms with Gasteiger partial charge in [-0.25, -0.2) is 0 Å². The predicted octanol–water partition coefficient (Wildman–Crippen LogP) is 7.03. The molecule has 0 radical (unpaired) electrons. The van der Waals surface area contributed by atoms with Crippen molar-refractivity contribution in [3.8, 4) is 80.1 Å². The summed E-state index contributed by atoms with van der Waals surface area (Å²) >= 11 is 0. The molecule has 0 N–H and O–H groups in total. The standard InChI is InChI=1S/C40H50O12/c1-41-29-17-23(18-30(42-2)37(29)49-9)13-15-25-21-27(35(47-7)39(51-11)33(25)45-5)28-22-26(34(46-6)40(52-12)36(28)48-8)16-14-24-19-31(43-3)38(50-10)32(20-24)44-4/h17-22H,13-16H2,1-12H3. The molecule has 0 heterocycles. The molecule has 0 aliphatic rings. The molecule has 0 fully saturated rings. The second kappa shape index (κ2) is 18.1. The monoisotopic (exact) mass is 722 g/mol. The molecule has 282 valence electrons. The van der Waals surface area contributed by atoms with Gasteiger partial charge in [-0.3, -0.25) is 0 Å². The van der Waals surface area contributed by atoms with Crippen LogP contribution in [-0.2, 0) is 25.7 Å². The molecule has 0 spiro atoms. The third-order valence-electron chi connectivity index (χ3n) is 8.86. The van der Waals surface area contributed by atoms with Crippen LogP contribution in [-0.4, -0.2) is 85.3 Å². The van der Waals surface area contributed by atoms with Gasteiger partial charge in [-0.2, -0.15) is 0 Å². The Balaban J connectivity index is 1.88. The largest absolute Gasteiger partial charge is 0.493 e. The van der Waals surface area contributed by atoms with Gasteiger partial charge in [0, 0.05) is 11.1 Å². The maximum Gasteiger partial charge on any atom is 0.204 e. The predicted molar refractivity (Wildman–Crippen MR) is 198 cm³/mol. The van der Waals surface area contributed by atoms with Gasteiger partial charge in [0.05, 0.1) is 85.3 Å². The molecular formula is C40H50O12. The number of ether oxygens (including phenoxy) is 12. The zero-order chi connectivity index (χ0) is 37.9. The molecule has 0 amide bonds. The summed E-state index contributed by atoms with van der Waals surface area (Å²) in [7, 11) is 19.1. The molecule has 0 unspecified atom stereocenters. The Morgan fingerprint density at radius 3 is 0.769 bits per heavy atom. The minimum Gasteiger partial charge on any atom is -0.493 e. The highest BCUT2D eigenvalue weighted by atomic mass is 16.6. The number of methoxy groups -OCH3 is 12. The number of benzene rings is 4. The van der Waals surface area contributed by atoms with Crippen LogP contribution >= 0.6 is 0 Å². The summed E-state index contributed by atoms with van der Waals surface area (Å²) in [5, 5.41) is 0. The fourth-order valence-corrected chi connectivity index (χ4v) is 6.47. The van der Waals surface area contributed by atoms with E-state index in [-0.39, 0.29) is 0 Å². The first-order valence-electron chi connectivity index (χ1n) is 16.5. The van der Waals surface area contributed by atoms with Crippen molar-refractivity contribution in [1.29, 1.82) is 0 Å². The van der Waals surface area contributed by atoms with E-state index in [1.54, 1.807) is 85.3 Å².